The van der Waals surface area contributed by atoms with Crippen LogP contribution in [0.2, 0.25) is 0 Å². The zero-order valence-electron chi connectivity index (χ0n) is 15.8. The molecule has 140 valence electrons. The summed E-state index contributed by atoms with van der Waals surface area (Å²) in [6.07, 6.45) is 4.93. The van der Waals surface area contributed by atoms with Gasteiger partial charge in [0.2, 0.25) is 0 Å². The van der Waals surface area contributed by atoms with Crippen LogP contribution in [0.15, 0.2) is 73.1 Å². The third-order valence-corrected chi connectivity index (χ3v) is 4.80. The topological polar surface area (TPSA) is 59.8 Å². The van der Waals surface area contributed by atoms with Gasteiger partial charge in [0.1, 0.15) is 5.82 Å². The van der Waals surface area contributed by atoms with Crippen LogP contribution in [0.25, 0.3) is 11.0 Å². The maximum Gasteiger partial charge on any atom is 0.257 e. The minimum atomic E-state index is -0.155. The summed E-state index contributed by atoms with van der Waals surface area (Å²) in [4.78, 5) is 21.1. The van der Waals surface area contributed by atoms with Crippen molar-refractivity contribution in [1.29, 1.82) is 0 Å². The van der Waals surface area contributed by atoms with E-state index in [-0.39, 0.29) is 5.91 Å². The summed E-state index contributed by atoms with van der Waals surface area (Å²) in [5.41, 5.74) is 4.72. The molecule has 0 aliphatic carbocycles. The average molecular weight is 370 g/mol. The number of rotatable bonds is 6. The molecule has 2 aromatic carbocycles. The second-order valence-electron chi connectivity index (χ2n) is 6.66. The van der Waals surface area contributed by atoms with E-state index in [9.17, 15) is 4.79 Å². The van der Waals surface area contributed by atoms with Gasteiger partial charge in [-0.3, -0.25) is 9.78 Å². The number of anilines is 1. The Balaban J connectivity index is 1.48. The van der Waals surface area contributed by atoms with Crippen molar-refractivity contribution in [2.75, 3.05) is 5.32 Å². The molecule has 0 saturated carbocycles. The number of aryl methyl sites for hydroxylation is 3. The standard InChI is InChI=1S/C23H22N4O/c1-2-27-21-11-4-3-10-20(21)26-22(27)13-12-17-7-5-9-19(15-17)25-23(28)18-8-6-14-24-16-18/h3-11,14-16H,2,12-13H2,1H3,(H,25,28). The van der Waals surface area contributed by atoms with E-state index in [2.05, 4.69) is 40.0 Å². The molecule has 28 heavy (non-hydrogen) atoms. The van der Waals surface area contributed by atoms with Gasteiger partial charge in [-0.05, 0) is 55.3 Å². The van der Waals surface area contributed by atoms with Gasteiger partial charge in [-0.15, -0.1) is 0 Å². The molecule has 0 aliphatic heterocycles. The smallest absolute Gasteiger partial charge is 0.257 e. The van der Waals surface area contributed by atoms with E-state index in [0.29, 0.717) is 5.56 Å². The molecule has 0 radical (unpaired) electrons. The van der Waals surface area contributed by atoms with Gasteiger partial charge in [0, 0.05) is 31.0 Å². The fourth-order valence-electron chi connectivity index (χ4n) is 3.43. The number of pyridine rings is 1. The maximum atomic E-state index is 12.3. The zero-order chi connectivity index (χ0) is 19.3. The van der Waals surface area contributed by atoms with Crippen LogP contribution >= 0.6 is 0 Å². The summed E-state index contributed by atoms with van der Waals surface area (Å²) in [5, 5.41) is 2.94. The summed E-state index contributed by atoms with van der Waals surface area (Å²) in [6, 6.07) is 19.7. The highest BCUT2D eigenvalue weighted by Gasteiger charge is 2.10. The largest absolute Gasteiger partial charge is 0.328 e. The number of hydrogen-bond acceptors (Lipinski definition) is 3. The van der Waals surface area contributed by atoms with E-state index in [1.165, 1.54) is 11.1 Å². The molecule has 0 unspecified atom stereocenters. The fraction of sp³-hybridized carbons (Fsp3) is 0.174. The molecule has 0 atom stereocenters. The van der Waals surface area contributed by atoms with Crippen molar-refractivity contribution in [3.8, 4) is 0 Å². The van der Waals surface area contributed by atoms with Crippen molar-refractivity contribution in [1.82, 2.24) is 14.5 Å². The van der Waals surface area contributed by atoms with Gasteiger partial charge in [-0.2, -0.15) is 0 Å². The summed E-state index contributed by atoms with van der Waals surface area (Å²) in [7, 11) is 0. The third-order valence-electron chi connectivity index (χ3n) is 4.80. The summed E-state index contributed by atoms with van der Waals surface area (Å²) in [5.74, 6) is 0.937. The number of amides is 1. The minimum Gasteiger partial charge on any atom is -0.328 e. The van der Waals surface area contributed by atoms with Gasteiger partial charge >= 0.3 is 0 Å². The molecule has 4 aromatic rings. The molecule has 1 amide bonds. The molecule has 2 heterocycles. The first kappa shape index (κ1) is 17.9. The molecule has 0 bridgehead atoms. The van der Waals surface area contributed by atoms with Crippen molar-refractivity contribution in [3.05, 3.63) is 90.0 Å². The molecule has 0 spiro atoms. The Morgan fingerprint density at radius 1 is 1.04 bits per heavy atom. The lowest BCUT2D eigenvalue weighted by atomic mass is 10.1. The van der Waals surface area contributed by atoms with Crippen LogP contribution in [0.4, 0.5) is 5.69 Å². The Bertz CT molecular complexity index is 1100. The molecule has 5 heteroatoms. The fourth-order valence-corrected chi connectivity index (χ4v) is 3.43. The lowest BCUT2D eigenvalue weighted by molar-refractivity contribution is 0.102. The summed E-state index contributed by atoms with van der Waals surface area (Å²) in [6.45, 7) is 3.04. The molecule has 0 aliphatic rings. The normalized spacial score (nSPS) is 10.9. The van der Waals surface area contributed by atoms with E-state index in [1.54, 1.807) is 24.5 Å². The first-order chi connectivity index (χ1) is 13.7. The van der Waals surface area contributed by atoms with Gasteiger partial charge in [0.25, 0.3) is 5.91 Å². The van der Waals surface area contributed by atoms with E-state index in [4.69, 9.17) is 4.98 Å². The van der Waals surface area contributed by atoms with Gasteiger partial charge in [0.15, 0.2) is 0 Å². The monoisotopic (exact) mass is 370 g/mol. The van der Waals surface area contributed by atoms with Crippen LogP contribution in [0, 0.1) is 0 Å². The van der Waals surface area contributed by atoms with Crippen LogP contribution < -0.4 is 5.32 Å². The van der Waals surface area contributed by atoms with Crippen molar-refractivity contribution < 1.29 is 4.79 Å². The molecular formula is C23H22N4O. The Kier molecular flexibility index (Phi) is 5.15. The number of nitrogens with zero attached hydrogens (tertiary/aromatic N) is 3. The molecule has 0 fully saturated rings. The van der Waals surface area contributed by atoms with Gasteiger partial charge in [0.05, 0.1) is 16.6 Å². The lowest BCUT2D eigenvalue weighted by Gasteiger charge is -2.09. The van der Waals surface area contributed by atoms with Crippen molar-refractivity contribution in [2.45, 2.75) is 26.3 Å². The molecular weight excluding hydrogens is 348 g/mol. The van der Waals surface area contributed by atoms with E-state index in [1.807, 2.05) is 30.3 Å². The van der Waals surface area contributed by atoms with Crippen LogP contribution in [0.3, 0.4) is 0 Å². The number of fused-ring (bicyclic) bond motifs is 1. The first-order valence-electron chi connectivity index (χ1n) is 9.49. The minimum absolute atomic E-state index is 0.155. The molecule has 2 aromatic heterocycles. The predicted molar refractivity (Wildman–Crippen MR) is 111 cm³/mol. The number of aromatic nitrogens is 3. The van der Waals surface area contributed by atoms with Gasteiger partial charge in [-0.25, -0.2) is 4.98 Å². The van der Waals surface area contributed by atoms with Crippen LogP contribution in [0.5, 0.6) is 0 Å². The summed E-state index contributed by atoms with van der Waals surface area (Å²) < 4.78 is 2.27. The van der Waals surface area contributed by atoms with Crippen LogP contribution in [-0.2, 0) is 19.4 Å². The number of imidazole rings is 1. The van der Waals surface area contributed by atoms with Crippen LogP contribution in [0.1, 0.15) is 28.7 Å². The van der Waals surface area contributed by atoms with E-state index in [0.717, 1.165) is 36.4 Å². The third kappa shape index (κ3) is 3.78. The molecule has 4 rings (SSSR count). The van der Waals surface area contributed by atoms with Gasteiger partial charge < -0.3 is 9.88 Å². The first-order valence-corrected chi connectivity index (χ1v) is 9.49. The van der Waals surface area contributed by atoms with Crippen molar-refractivity contribution >= 4 is 22.6 Å². The van der Waals surface area contributed by atoms with Gasteiger partial charge in [-0.1, -0.05) is 24.3 Å². The number of nitrogens with one attached hydrogen (secondary N) is 1. The highest BCUT2D eigenvalue weighted by Crippen LogP contribution is 2.19. The quantitative estimate of drug-likeness (QED) is 0.544. The zero-order valence-corrected chi connectivity index (χ0v) is 15.8. The predicted octanol–water partition coefficient (Wildman–Crippen LogP) is 4.49. The summed E-state index contributed by atoms with van der Waals surface area (Å²) >= 11 is 0. The number of hydrogen-bond donors (Lipinski definition) is 1. The average Bonchev–Trinajstić information content (AvgIpc) is 3.10. The number of benzene rings is 2. The maximum absolute atomic E-state index is 12.3. The number of para-hydroxylation sites is 2. The number of carbonyl (C=O) groups is 1. The Hall–Kier alpha value is -3.47. The van der Waals surface area contributed by atoms with E-state index >= 15 is 0 Å². The lowest BCUT2D eigenvalue weighted by Crippen LogP contribution is -2.12. The second-order valence-corrected chi connectivity index (χ2v) is 6.66. The SMILES string of the molecule is CCn1c(CCc2cccc(NC(=O)c3cccnc3)c2)nc2ccccc21. The number of carbonyl (C=O) groups excluding carboxylic acids is 1. The van der Waals surface area contributed by atoms with Crippen molar-refractivity contribution in [3.63, 3.8) is 0 Å². The highest BCUT2D eigenvalue weighted by molar-refractivity contribution is 6.04. The molecule has 1 N–H and O–H groups in total. The molecule has 5 nitrogen and oxygen atoms in total. The van der Waals surface area contributed by atoms with Crippen LogP contribution in [-0.4, -0.2) is 20.4 Å². The second kappa shape index (κ2) is 8.05. The Morgan fingerprint density at radius 2 is 1.93 bits per heavy atom. The highest BCUT2D eigenvalue weighted by atomic mass is 16.1. The Labute approximate surface area is 164 Å². The van der Waals surface area contributed by atoms with Crippen molar-refractivity contribution in [2.24, 2.45) is 0 Å². The van der Waals surface area contributed by atoms with E-state index < -0.39 is 0 Å². The molecule has 0 saturated heterocycles. The Morgan fingerprint density at radius 3 is 2.75 bits per heavy atom.